The van der Waals surface area contributed by atoms with E-state index in [1.54, 1.807) is 11.9 Å². The second-order valence-electron chi connectivity index (χ2n) is 6.98. The van der Waals surface area contributed by atoms with E-state index in [9.17, 15) is 4.79 Å². The summed E-state index contributed by atoms with van der Waals surface area (Å²) in [6.45, 7) is 10.6. The molecular formula is C17H35IN4O2S. The van der Waals surface area contributed by atoms with Crippen LogP contribution in [0.3, 0.4) is 0 Å². The SMILES string of the molecule is CCCN(CCNC(=NC)NCC1CCCS1)C(=O)OC(C)(C)C.I. The van der Waals surface area contributed by atoms with Crippen molar-refractivity contribution in [3.05, 3.63) is 0 Å². The zero-order valence-electron chi connectivity index (χ0n) is 16.3. The zero-order chi connectivity index (χ0) is 18.0. The molecule has 0 aliphatic carbocycles. The molecule has 6 nitrogen and oxygen atoms in total. The van der Waals surface area contributed by atoms with Crippen molar-refractivity contribution in [1.82, 2.24) is 15.5 Å². The molecule has 1 fully saturated rings. The third kappa shape index (κ3) is 11.0. The van der Waals surface area contributed by atoms with Gasteiger partial charge < -0.3 is 20.3 Å². The van der Waals surface area contributed by atoms with Gasteiger partial charge in [0.2, 0.25) is 0 Å². The fraction of sp³-hybridized carbons (Fsp3) is 0.882. The molecule has 1 amide bonds. The summed E-state index contributed by atoms with van der Waals surface area (Å²) in [6.07, 6.45) is 3.24. The lowest BCUT2D eigenvalue weighted by atomic mass is 10.2. The lowest BCUT2D eigenvalue weighted by Gasteiger charge is -2.27. The van der Waals surface area contributed by atoms with E-state index < -0.39 is 5.60 Å². The van der Waals surface area contributed by atoms with Gasteiger partial charge >= 0.3 is 6.09 Å². The highest BCUT2D eigenvalue weighted by Gasteiger charge is 2.21. The first kappa shape index (κ1) is 24.6. The van der Waals surface area contributed by atoms with E-state index in [4.69, 9.17) is 4.74 Å². The number of rotatable bonds is 7. The molecule has 0 radical (unpaired) electrons. The predicted octanol–water partition coefficient (Wildman–Crippen LogP) is 3.31. The summed E-state index contributed by atoms with van der Waals surface area (Å²) in [5.41, 5.74) is -0.465. The summed E-state index contributed by atoms with van der Waals surface area (Å²) < 4.78 is 5.46. The van der Waals surface area contributed by atoms with Crippen molar-refractivity contribution < 1.29 is 9.53 Å². The van der Waals surface area contributed by atoms with Gasteiger partial charge in [0.05, 0.1) is 0 Å². The molecule has 148 valence electrons. The van der Waals surface area contributed by atoms with Gasteiger partial charge in [0.1, 0.15) is 5.60 Å². The van der Waals surface area contributed by atoms with Crippen LogP contribution in [-0.2, 0) is 4.74 Å². The minimum atomic E-state index is -0.465. The smallest absolute Gasteiger partial charge is 0.410 e. The molecule has 1 aliphatic heterocycles. The molecule has 0 spiro atoms. The molecule has 1 saturated heterocycles. The van der Waals surface area contributed by atoms with Gasteiger partial charge in [-0.15, -0.1) is 24.0 Å². The maximum absolute atomic E-state index is 12.2. The van der Waals surface area contributed by atoms with Gasteiger partial charge in [0, 0.05) is 38.5 Å². The number of carbonyl (C=O) groups excluding carboxylic acids is 1. The average Bonchev–Trinajstić information content (AvgIpc) is 3.01. The van der Waals surface area contributed by atoms with Crippen LogP contribution < -0.4 is 10.6 Å². The number of amides is 1. The minimum absolute atomic E-state index is 0. The molecule has 1 heterocycles. The Balaban J connectivity index is 0.00000576. The van der Waals surface area contributed by atoms with Gasteiger partial charge in [-0.05, 0) is 45.8 Å². The molecule has 1 atom stereocenters. The van der Waals surface area contributed by atoms with Crippen LogP contribution >= 0.6 is 35.7 Å². The van der Waals surface area contributed by atoms with Crippen LogP contribution in [0.1, 0.15) is 47.0 Å². The number of guanidine groups is 1. The van der Waals surface area contributed by atoms with Gasteiger partial charge in [0.15, 0.2) is 5.96 Å². The average molecular weight is 486 g/mol. The summed E-state index contributed by atoms with van der Waals surface area (Å²) >= 11 is 2.02. The Bertz CT molecular complexity index is 410. The molecule has 2 N–H and O–H groups in total. The number of hydrogen-bond acceptors (Lipinski definition) is 4. The predicted molar refractivity (Wildman–Crippen MR) is 118 cm³/mol. The lowest BCUT2D eigenvalue weighted by molar-refractivity contribution is 0.0253. The molecule has 8 heteroatoms. The van der Waals surface area contributed by atoms with Crippen molar-refractivity contribution in [2.75, 3.05) is 39.0 Å². The number of aliphatic imine (C=N–C) groups is 1. The first-order valence-electron chi connectivity index (χ1n) is 8.89. The standard InChI is InChI=1S/C17H34N4O2S.HI/c1-6-10-21(16(22)23-17(2,3)4)11-9-19-15(18-5)20-13-14-8-7-12-24-14;/h14H,6-13H2,1-5H3,(H2,18,19,20);1H. The molecule has 1 rings (SSSR count). The topological polar surface area (TPSA) is 66.0 Å². The minimum Gasteiger partial charge on any atom is -0.444 e. The van der Waals surface area contributed by atoms with Gasteiger partial charge in [-0.2, -0.15) is 11.8 Å². The van der Waals surface area contributed by atoms with E-state index in [1.165, 1.54) is 18.6 Å². The third-order valence-electron chi connectivity index (χ3n) is 3.56. The van der Waals surface area contributed by atoms with Gasteiger partial charge in [-0.25, -0.2) is 4.79 Å². The summed E-state index contributed by atoms with van der Waals surface area (Å²) in [5.74, 6) is 2.06. The number of nitrogens with zero attached hydrogens (tertiary/aromatic N) is 2. The van der Waals surface area contributed by atoms with Crippen LogP contribution in [0, 0.1) is 0 Å². The molecule has 0 bridgehead atoms. The molecular weight excluding hydrogens is 451 g/mol. The number of hydrogen-bond donors (Lipinski definition) is 2. The fourth-order valence-electron chi connectivity index (χ4n) is 2.44. The second kappa shape index (κ2) is 12.9. The summed E-state index contributed by atoms with van der Waals surface area (Å²) in [6, 6.07) is 0. The van der Waals surface area contributed by atoms with Crippen molar-refractivity contribution in [2.24, 2.45) is 4.99 Å². The van der Waals surface area contributed by atoms with E-state index in [0.29, 0.717) is 24.9 Å². The number of nitrogens with one attached hydrogen (secondary N) is 2. The molecule has 1 aliphatic rings. The van der Waals surface area contributed by atoms with E-state index in [1.807, 2.05) is 32.5 Å². The first-order valence-corrected chi connectivity index (χ1v) is 9.94. The van der Waals surface area contributed by atoms with Gasteiger partial charge in [-0.1, -0.05) is 6.92 Å². The maximum Gasteiger partial charge on any atom is 0.410 e. The zero-order valence-corrected chi connectivity index (χ0v) is 19.4. The summed E-state index contributed by atoms with van der Waals surface area (Å²) in [7, 11) is 1.77. The van der Waals surface area contributed by atoms with Crippen LogP contribution in [0.2, 0.25) is 0 Å². The number of halogens is 1. The van der Waals surface area contributed by atoms with Crippen LogP contribution in [0.25, 0.3) is 0 Å². The molecule has 0 aromatic rings. The van der Waals surface area contributed by atoms with E-state index in [2.05, 4.69) is 22.5 Å². The quantitative estimate of drug-likeness (QED) is 0.329. The Morgan fingerprint density at radius 2 is 2.04 bits per heavy atom. The van der Waals surface area contributed by atoms with Crippen LogP contribution in [0.5, 0.6) is 0 Å². The Hall–Kier alpha value is -0.380. The highest BCUT2D eigenvalue weighted by Crippen LogP contribution is 2.25. The second-order valence-corrected chi connectivity index (χ2v) is 8.39. The molecule has 0 saturated carbocycles. The summed E-state index contributed by atoms with van der Waals surface area (Å²) in [5, 5.41) is 7.33. The largest absolute Gasteiger partial charge is 0.444 e. The van der Waals surface area contributed by atoms with Gasteiger partial charge in [-0.3, -0.25) is 4.99 Å². The van der Waals surface area contributed by atoms with Crippen molar-refractivity contribution >= 4 is 47.8 Å². The van der Waals surface area contributed by atoms with Crippen LogP contribution in [0.15, 0.2) is 4.99 Å². The molecule has 0 aromatic heterocycles. The van der Waals surface area contributed by atoms with E-state index >= 15 is 0 Å². The number of ether oxygens (including phenoxy) is 1. The summed E-state index contributed by atoms with van der Waals surface area (Å²) in [4.78, 5) is 18.2. The van der Waals surface area contributed by atoms with E-state index in [0.717, 1.165) is 18.9 Å². The fourth-order valence-corrected chi connectivity index (χ4v) is 3.64. The Morgan fingerprint density at radius 3 is 2.56 bits per heavy atom. The van der Waals surface area contributed by atoms with Crippen LogP contribution in [-0.4, -0.2) is 66.8 Å². The molecule has 0 aromatic carbocycles. The lowest BCUT2D eigenvalue weighted by Crippen LogP contribution is -2.45. The normalized spacial score (nSPS) is 17.6. The van der Waals surface area contributed by atoms with Crippen LogP contribution in [0.4, 0.5) is 4.79 Å². The van der Waals surface area contributed by atoms with Crippen molar-refractivity contribution in [3.63, 3.8) is 0 Å². The molecule has 25 heavy (non-hydrogen) atoms. The number of thioether (sulfide) groups is 1. The Labute approximate surface area is 174 Å². The van der Waals surface area contributed by atoms with Crippen molar-refractivity contribution in [3.8, 4) is 0 Å². The Morgan fingerprint density at radius 1 is 1.32 bits per heavy atom. The Kier molecular flexibility index (Phi) is 12.7. The monoisotopic (exact) mass is 486 g/mol. The van der Waals surface area contributed by atoms with Gasteiger partial charge in [0.25, 0.3) is 0 Å². The van der Waals surface area contributed by atoms with Crippen molar-refractivity contribution in [1.29, 1.82) is 0 Å². The number of carbonyl (C=O) groups is 1. The first-order chi connectivity index (χ1) is 11.4. The highest BCUT2D eigenvalue weighted by atomic mass is 127. The molecule has 1 unspecified atom stereocenters. The van der Waals surface area contributed by atoms with Crippen molar-refractivity contribution in [2.45, 2.75) is 57.8 Å². The highest BCUT2D eigenvalue weighted by molar-refractivity contribution is 14.0. The maximum atomic E-state index is 12.2. The third-order valence-corrected chi connectivity index (χ3v) is 4.96. The van der Waals surface area contributed by atoms with E-state index in [-0.39, 0.29) is 30.1 Å².